The molecule has 4 aliphatic carbocycles. The molecule has 3 heteroatoms. The number of pyridine rings is 1. The summed E-state index contributed by atoms with van der Waals surface area (Å²) < 4.78 is 0. The van der Waals surface area contributed by atoms with Gasteiger partial charge >= 0.3 is 0 Å². The van der Waals surface area contributed by atoms with E-state index in [0.29, 0.717) is 5.69 Å². The number of hydrogen-bond acceptors (Lipinski definition) is 2. The molecule has 4 saturated carbocycles. The van der Waals surface area contributed by atoms with Crippen LogP contribution in [-0.4, -0.2) is 4.98 Å². The Morgan fingerprint density at radius 2 is 1.68 bits per heavy atom. The summed E-state index contributed by atoms with van der Waals surface area (Å²) in [5.41, 5.74) is 1.59. The van der Waals surface area contributed by atoms with Crippen molar-refractivity contribution in [1.82, 2.24) is 4.98 Å². The molecule has 1 aromatic rings. The molecule has 0 aliphatic heterocycles. The summed E-state index contributed by atoms with van der Waals surface area (Å²) in [6.45, 7) is 0. The van der Waals surface area contributed by atoms with Crippen molar-refractivity contribution < 1.29 is 0 Å². The van der Waals surface area contributed by atoms with Crippen molar-refractivity contribution in [3.63, 3.8) is 0 Å². The summed E-state index contributed by atoms with van der Waals surface area (Å²) >= 11 is 0. The van der Waals surface area contributed by atoms with Crippen LogP contribution in [-0.2, 0) is 5.41 Å². The molecule has 5 rings (SSSR count). The van der Waals surface area contributed by atoms with Crippen molar-refractivity contribution in [2.24, 2.45) is 17.8 Å². The molecule has 0 atom stereocenters. The van der Waals surface area contributed by atoms with Crippen LogP contribution in [0, 0.1) is 29.1 Å². The molecule has 1 heterocycles. The first kappa shape index (κ1) is 11.3. The summed E-state index contributed by atoms with van der Waals surface area (Å²) in [4.78, 5) is 15.0. The van der Waals surface area contributed by atoms with Crippen LogP contribution in [0.25, 0.3) is 0 Å². The highest BCUT2D eigenvalue weighted by Gasteiger charge is 2.52. The standard InChI is InChI=1S/C16H18N2O/c17-9-13-4-14(19)5-15(18-13)16-6-10-1-11(7-16)3-12(2-10)8-16/h4-5,10-12H,1-3,6-8H2,(H,18,19). The first-order valence-electron chi connectivity index (χ1n) is 7.32. The number of aromatic nitrogens is 1. The van der Waals surface area contributed by atoms with Gasteiger partial charge in [0.15, 0.2) is 5.43 Å². The van der Waals surface area contributed by atoms with E-state index in [1.807, 2.05) is 0 Å². The highest BCUT2D eigenvalue weighted by Crippen LogP contribution is 2.60. The first-order valence-corrected chi connectivity index (χ1v) is 7.32. The molecule has 98 valence electrons. The van der Waals surface area contributed by atoms with Crippen LogP contribution in [0.5, 0.6) is 0 Å². The fourth-order valence-electron chi connectivity index (χ4n) is 5.33. The van der Waals surface area contributed by atoms with Crippen LogP contribution < -0.4 is 5.43 Å². The SMILES string of the molecule is N#Cc1cc(=O)cc(C23CC4CC(CC(C4)C2)C3)[nH]1. The first-order chi connectivity index (χ1) is 9.17. The van der Waals surface area contributed by atoms with Gasteiger partial charge in [0.05, 0.1) is 0 Å². The zero-order valence-corrected chi connectivity index (χ0v) is 11.0. The molecule has 0 aromatic carbocycles. The average molecular weight is 254 g/mol. The zero-order chi connectivity index (χ0) is 13.0. The molecule has 0 radical (unpaired) electrons. The lowest BCUT2D eigenvalue weighted by Gasteiger charge is -2.56. The van der Waals surface area contributed by atoms with Gasteiger partial charge in [-0.2, -0.15) is 5.26 Å². The minimum atomic E-state index is -0.0268. The number of H-pyrrole nitrogens is 1. The zero-order valence-electron chi connectivity index (χ0n) is 11.0. The fourth-order valence-corrected chi connectivity index (χ4v) is 5.33. The van der Waals surface area contributed by atoms with E-state index >= 15 is 0 Å². The van der Waals surface area contributed by atoms with Gasteiger partial charge in [-0.15, -0.1) is 0 Å². The van der Waals surface area contributed by atoms with Gasteiger partial charge in [-0.05, 0) is 56.3 Å². The van der Waals surface area contributed by atoms with E-state index in [0.717, 1.165) is 23.4 Å². The molecule has 1 N–H and O–H groups in total. The topological polar surface area (TPSA) is 56.6 Å². The molecule has 0 saturated heterocycles. The van der Waals surface area contributed by atoms with E-state index in [1.54, 1.807) is 6.07 Å². The van der Waals surface area contributed by atoms with Gasteiger partial charge in [-0.1, -0.05) is 0 Å². The normalized spacial score (nSPS) is 39.2. The maximum Gasteiger partial charge on any atom is 0.183 e. The van der Waals surface area contributed by atoms with E-state index in [9.17, 15) is 4.79 Å². The third-order valence-electron chi connectivity index (χ3n) is 5.57. The number of nitrogens with one attached hydrogen (secondary N) is 1. The maximum atomic E-state index is 11.8. The summed E-state index contributed by atoms with van der Waals surface area (Å²) in [6, 6.07) is 5.24. The third-order valence-corrected chi connectivity index (χ3v) is 5.57. The Kier molecular flexibility index (Phi) is 2.21. The summed E-state index contributed by atoms with van der Waals surface area (Å²) in [5, 5.41) is 9.05. The molecule has 19 heavy (non-hydrogen) atoms. The molecule has 0 spiro atoms. The van der Waals surface area contributed by atoms with E-state index in [-0.39, 0.29) is 10.8 Å². The number of aromatic amines is 1. The minimum absolute atomic E-state index is 0.0268. The van der Waals surface area contributed by atoms with E-state index in [4.69, 9.17) is 5.26 Å². The number of nitrogens with zero attached hydrogens (tertiary/aromatic N) is 1. The number of hydrogen-bond donors (Lipinski definition) is 1. The molecule has 0 amide bonds. The van der Waals surface area contributed by atoms with Crippen LogP contribution in [0.2, 0.25) is 0 Å². The predicted molar refractivity (Wildman–Crippen MR) is 71.6 cm³/mol. The van der Waals surface area contributed by atoms with Crippen LogP contribution in [0.1, 0.15) is 49.9 Å². The highest BCUT2D eigenvalue weighted by atomic mass is 16.1. The van der Waals surface area contributed by atoms with Crippen molar-refractivity contribution in [1.29, 1.82) is 5.26 Å². The van der Waals surface area contributed by atoms with Gasteiger partial charge < -0.3 is 4.98 Å². The Balaban J connectivity index is 1.82. The van der Waals surface area contributed by atoms with E-state index in [1.165, 1.54) is 44.6 Å². The highest BCUT2D eigenvalue weighted by molar-refractivity contribution is 5.29. The molecule has 1 aromatic heterocycles. The van der Waals surface area contributed by atoms with Gasteiger partial charge in [-0.25, -0.2) is 0 Å². The average Bonchev–Trinajstić information content (AvgIpc) is 2.36. The monoisotopic (exact) mass is 254 g/mol. The van der Waals surface area contributed by atoms with E-state index in [2.05, 4.69) is 11.1 Å². The van der Waals surface area contributed by atoms with Gasteiger partial charge in [0.2, 0.25) is 0 Å². The summed E-state index contributed by atoms with van der Waals surface area (Å²) in [5.74, 6) is 2.54. The lowest BCUT2D eigenvalue weighted by atomic mass is 9.49. The predicted octanol–water partition coefficient (Wildman–Crippen LogP) is 2.71. The Hall–Kier alpha value is -1.56. The van der Waals surface area contributed by atoms with Crippen LogP contribution in [0.4, 0.5) is 0 Å². The van der Waals surface area contributed by atoms with Crippen molar-refractivity contribution in [2.45, 2.75) is 43.9 Å². The lowest BCUT2D eigenvalue weighted by molar-refractivity contribution is -0.00726. The molecule has 4 fully saturated rings. The summed E-state index contributed by atoms with van der Waals surface area (Å²) in [6.07, 6.45) is 7.81. The van der Waals surface area contributed by atoms with Crippen molar-refractivity contribution >= 4 is 0 Å². The number of rotatable bonds is 1. The second-order valence-corrected chi connectivity index (χ2v) is 6.95. The smallest absolute Gasteiger partial charge is 0.183 e. The molecule has 4 aliphatic rings. The Morgan fingerprint density at radius 3 is 2.21 bits per heavy atom. The van der Waals surface area contributed by atoms with Gasteiger partial charge in [0, 0.05) is 23.2 Å². The minimum Gasteiger partial charge on any atom is -0.350 e. The summed E-state index contributed by atoms with van der Waals surface area (Å²) in [7, 11) is 0. The van der Waals surface area contributed by atoms with Crippen LogP contribution >= 0.6 is 0 Å². The lowest BCUT2D eigenvalue weighted by Crippen LogP contribution is -2.49. The molecule has 4 bridgehead atoms. The van der Waals surface area contributed by atoms with Gasteiger partial charge in [0.25, 0.3) is 0 Å². The molecular weight excluding hydrogens is 236 g/mol. The Labute approximate surface area is 112 Å². The number of nitriles is 1. The van der Waals surface area contributed by atoms with Crippen molar-refractivity contribution in [3.05, 3.63) is 33.7 Å². The van der Waals surface area contributed by atoms with Gasteiger partial charge in [-0.3, -0.25) is 4.79 Å². The van der Waals surface area contributed by atoms with Gasteiger partial charge in [0.1, 0.15) is 11.8 Å². The molecular formula is C16H18N2O. The van der Waals surface area contributed by atoms with Crippen molar-refractivity contribution in [2.75, 3.05) is 0 Å². The van der Waals surface area contributed by atoms with Crippen molar-refractivity contribution in [3.8, 4) is 6.07 Å². The third kappa shape index (κ3) is 1.66. The molecule has 3 nitrogen and oxygen atoms in total. The second kappa shape index (κ2) is 3.72. The van der Waals surface area contributed by atoms with E-state index < -0.39 is 0 Å². The Bertz CT molecular complexity index is 587. The fraction of sp³-hybridized carbons (Fsp3) is 0.625. The largest absolute Gasteiger partial charge is 0.350 e. The van der Waals surface area contributed by atoms with Crippen LogP contribution in [0.3, 0.4) is 0 Å². The van der Waals surface area contributed by atoms with Crippen LogP contribution in [0.15, 0.2) is 16.9 Å². The maximum absolute atomic E-state index is 11.8. The quantitative estimate of drug-likeness (QED) is 0.837. The Morgan fingerprint density at radius 1 is 1.11 bits per heavy atom. The molecule has 0 unspecified atom stereocenters. The second-order valence-electron chi connectivity index (χ2n) is 6.95.